The zero-order valence-electron chi connectivity index (χ0n) is 30.5. The van der Waals surface area contributed by atoms with E-state index < -0.39 is 0 Å². The molecule has 4 aromatic heterocycles. The monoisotopic (exact) mass is 739 g/mol. The minimum absolute atomic E-state index is 0.384. The molecule has 0 aliphatic heterocycles. The van der Waals surface area contributed by atoms with E-state index in [0.29, 0.717) is 39.3 Å². The smallest absolute Gasteiger partial charge is 0.211 e. The fourth-order valence-electron chi connectivity index (χ4n) is 9.13. The first-order valence-corrected chi connectivity index (χ1v) is 18.8. The Bertz CT molecular complexity index is 3910. The summed E-state index contributed by atoms with van der Waals surface area (Å²) >= 11 is 0. The Morgan fingerprint density at radius 3 is 1.57 bits per heavy atom. The molecule has 0 saturated carbocycles. The van der Waals surface area contributed by atoms with Gasteiger partial charge in [-0.25, -0.2) is 4.85 Å². The number of hydrogen-bond donors (Lipinski definition) is 0. The van der Waals surface area contributed by atoms with Crippen molar-refractivity contribution in [3.8, 4) is 34.6 Å². The first-order chi connectivity index (χ1) is 28.6. The van der Waals surface area contributed by atoms with Gasteiger partial charge in [-0.1, -0.05) is 91.0 Å². The molecule has 7 heteroatoms. The number of benzene rings is 8. The average Bonchev–Trinajstić information content (AvgIpc) is 4.01. The van der Waals surface area contributed by atoms with Gasteiger partial charge in [0.1, 0.15) is 28.4 Å². The van der Waals surface area contributed by atoms with Crippen LogP contribution in [0, 0.1) is 29.2 Å². The van der Waals surface area contributed by atoms with Crippen molar-refractivity contribution in [2.75, 3.05) is 0 Å². The summed E-state index contributed by atoms with van der Waals surface area (Å²) < 4.78 is 16.8. The maximum absolute atomic E-state index is 10.9. The van der Waals surface area contributed by atoms with Crippen LogP contribution in [0.1, 0.15) is 11.1 Å². The van der Waals surface area contributed by atoms with Crippen molar-refractivity contribution in [3.63, 3.8) is 0 Å². The van der Waals surface area contributed by atoms with Gasteiger partial charge in [-0.2, -0.15) is 10.5 Å². The summed E-state index contributed by atoms with van der Waals surface area (Å²) in [5.74, 6) is 0. The quantitative estimate of drug-likeness (QED) is 0.169. The van der Waals surface area contributed by atoms with Gasteiger partial charge in [-0.3, -0.25) is 0 Å². The van der Waals surface area contributed by atoms with Crippen molar-refractivity contribution in [1.82, 2.24) is 9.13 Å². The number of aromatic nitrogens is 2. The van der Waals surface area contributed by atoms with Crippen molar-refractivity contribution in [1.29, 1.82) is 10.5 Å². The molecule has 0 fully saturated rings. The van der Waals surface area contributed by atoms with Gasteiger partial charge in [0.25, 0.3) is 0 Å². The van der Waals surface area contributed by atoms with E-state index in [1.807, 2.05) is 84.9 Å². The molecule has 0 N–H and O–H groups in total. The highest BCUT2D eigenvalue weighted by molar-refractivity contribution is 6.19. The minimum Gasteiger partial charge on any atom is -0.456 e. The molecule has 0 radical (unpaired) electrons. The van der Waals surface area contributed by atoms with Crippen molar-refractivity contribution in [3.05, 3.63) is 174 Å². The summed E-state index contributed by atoms with van der Waals surface area (Å²) in [6.45, 7) is 8.41. The molecule has 0 spiro atoms. The molecule has 0 atom stereocenters. The van der Waals surface area contributed by atoms with E-state index in [0.717, 1.165) is 87.5 Å². The van der Waals surface area contributed by atoms with E-state index in [1.165, 1.54) is 0 Å². The molecule has 0 bridgehead atoms. The highest BCUT2D eigenvalue weighted by atomic mass is 16.3. The molecule has 4 heterocycles. The van der Waals surface area contributed by atoms with E-state index >= 15 is 0 Å². The molecule has 12 aromatic rings. The van der Waals surface area contributed by atoms with Crippen LogP contribution in [-0.4, -0.2) is 9.13 Å². The standard InChI is InChI=1S/C51H25N5O2/c1-54-40-20-18-30(27-52)50(51(40)56-43-15-7-3-11-33(43)37-26-49-39(24-45(37)56)35-13-5-9-17-47(35)58-49)29-19-21-41(31(22-29)28-53)55-42-14-6-2-10-32(42)36-25-48-38(23-44(36)55)34-12-4-8-16-46(34)57-48/h2-26H. The van der Waals surface area contributed by atoms with Crippen LogP contribution in [0.5, 0.6) is 0 Å². The highest BCUT2D eigenvalue weighted by Crippen LogP contribution is 2.45. The van der Waals surface area contributed by atoms with Gasteiger partial charge < -0.3 is 18.0 Å². The van der Waals surface area contributed by atoms with Crippen molar-refractivity contribution < 1.29 is 8.83 Å². The lowest BCUT2D eigenvalue weighted by Crippen LogP contribution is -2.02. The van der Waals surface area contributed by atoms with E-state index in [1.54, 1.807) is 12.1 Å². The molecule has 266 valence electrons. The fraction of sp³-hybridized carbons (Fsp3) is 0. The summed E-state index contributed by atoms with van der Waals surface area (Å²) in [4.78, 5) is 4.04. The molecule has 58 heavy (non-hydrogen) atoms. The predicted molar refractivity (Wildman–Crippen MR) is 231 cm³/mol. The lowest BCUT2D eigenvalue weighted by molar-refractivity contribution is 0.669. The van der Waals surface area contributed by atoms with Gasteiger partial charge in [0.2, 0.25) is 5.69 Å². The molecule has 12 rings (SSSR count). The topological polar surface area (TPSA) is 88.1 Å². The molecule has 0 aliphatic rings. The van der Waals surface area contributed by atoms with Gasteiger partial charge in [0.05, 0.1) is 57.2 Å². The SMILES string of the molecule is [C-]#[N+]c1ccc(C#N)c(-c2ccc(-n3c4ccccc4c4cc5oc6ccccc6c5cc43)c(C#N)c2)c1-n1c2ccccc2c2cc3oc4ccccc4c3cc21. The lowest BCUT2D eigenvalue weighted by Gasteiger charge is -2.19. The number of para-hydroxylation sites is 4. The Morgan fingerprint density at radius 1 is 0.448 bits per heavy atom. The molecule has 8 aromatic carbocycles. The third-order valence-corrected chi connectivity index (χ3v) is 11.6. The normalized spacial score (nSPS) is 11.7. The van der Waals surface area contributed by atoms with Gasteiger partial charge in [-0.15, -0.1) is 0 Å². The third kappa shape index (κ3) is 4.23. The lowest BCUT2D eigenvalue weighted by atomic mass is 9.94. The van der Waals surface area contributed by atoms with Crippen molar-refractivity contribution in [2.24, 2.45) is 0 Å². The maximum Gasteiger partial charge on any atom is 0.211 e. The largest absolute Gasteiger partial charge is 0.456 e. The van der Waals surface area contributed by atoms with Gasteiger partial charge in [-0.05, 0) is 66.2 Å². The third-order valence-electron chi connectivity index (χ3n) is 11.6. The zero-order valence-corrected chi connectivity index (χ0v) is 30.5. The van der Waals surface area contributed by atoms with Gasteiger partial charge in [0.15, 0.2) is 0 Å². The Balaban J connectivity index is 1.14. The van der Waals surface area contributed by atoms with Crippen molar-refractivity contribution >= 4 is 93.2 Å². The summed E-state index contributed by atoms with van der Waals surface area (Å²) in [5, 5.41) is 29.6. The van der Waals surface area contributed by atoms with Crippen LogP contribution in [0.15, 0.2) is 160 Å². The summed E-state index contributed by atoms with van der Waals surface area (Å²) in [6.07, 6.45) is 0. The number of furan rings is 2. The Kier molecular flexibility index (Phi) is 6.41. The molecular formula is C51H25N5O2. The number of fused-ring (bicyclic) bond motifs is 12. The fourth-order valence-corrected chi connectivity index (χ4v) is 9.13. The average molecular weight is 740 g/mol. The van der Waals surface area contributed by atoms with Crippen LogP contribution in [-0.2, 0) is 0 Å². The number of nitrogens with zero attached hydrogens (tertiary/aromatic N) is 5. The first kappa shape index (κ1) is 31.7. The van der Waals surface area contributed by atoms with Crippen molar-refractivity contribution in [2.45, 2.75) is 0 Å². The summed E-state index contributed by atoms with van der Waals surface area (Å²) in [6, 6.07) is 54.8. The number of nitriles is 2. The van der Waals surface area contributed by atoms with E-state index in [-0.39, 0.29) is 0 Å². The minimum atomic E-state index is 0.384. The van der Waals surface area contributed by atoms with Crippen LogP contribution in [0.2, 0.25) is 0 Å². The number of rotatable bonds is 3. The molecule has 7 nitrogen and oxygen atoms in total. The highest BCUT2D eigenvalue weighted by Gasteiger charge is 2.25. The van der Waals surface area contributed by atoms with Crippen LogP contribution < -0.4 is 0 Å². The Hall–Kier alpha value is -8.57. The molecule has 0 saturated heterocycles. The van der Waals surface area contributed by atoms with Gasteiger partial charge in [0, 0.05) is 48.7 Å². The number of hydrogen-bond acceptors (Lipinski definition) is 4. The first-order valence-electron chi connectivity index (χ1n) is 18.8. The Labute approximate surface area is 329 Å². The molecule has 0 amide bonds. The van der Waals surface area contributed by atoms with E-state index in [9.17, 15) is 10.5 Å². The van der Waals surface area contributed by atoms with Gasteiger partial charge >= 0.3 is 0 Å². The molecule has 0 unspecified atom stereocenters. The van der Waals surface area contributed by atoms with E-state index in [4.69, 9.17) is 15.4 Å². The van der Waals surface area contributed by atoms with Crippen LogP contribution in [0.25, 0.3) is 115 Å². The second-order valence-electron chi connectivity index (χ2n) is 14.6. The summed E-state index contributed by atoms with van der Waals surface area (Å²) in [7, 11) is 0. The van der Waals surface area contributed by atoms with Crippen LogP contribution in [0.4, 0.5) is 5.69 Å². The second-order valence-corrected chi connectivity index (χ2v) is 14.6. The Morgan fingerprint density at radius 2 is 0.983 bits per heavy atom. The summed E-state index contributed by atoms with van der Waals surface area (Å²) in [5.41, 5.74) is 10.6. The molecular weight excluding hydrogens is 715 g/mol. The van der Waals surface area contributed by atoms with Crippen LogP contribution in [0.3, 0.4) is 0 Å². The predicted octanol–water partition coefficient (Wildman–Crippen LogP) is 13.6. The van der Waals surface area contributed by atoms with Crippen LogP contribution >= 0.6 is 0 Å². The molecule has 0 aliphatic carbocycles. The zero-order chi connectivity index (χ0) is 38.6. The second kappa shape index (κ2) is 11.7. The maximum atomic E-state index is 10.9. The van der Waals surface area contributed by atoms with E-state index in [2.05, 4.69) is 80.7 Å².